The molecule has 7 nitrogen and oxygen atoms in total. The Kier molecular flexibility index (Phi) is 4.07. The minimum Gasteiger partial charge on any atom is -0.480 e. The first-order valence-corrected chi connectivity index (χ1v) is 5.59. The third-order valence-electron chi connectivity index (χ3n) is 2.94. The van der Waals surface area contributed by atoms with Crippen molar-refractivity contribution in [2.75, 3.05) is 0 Å². The van der Waals surface area contributed by atoms with Crippen molar-refractivity contribution in [1.29, 1.82) is 0 Å². The van der Waals surface area contributed by atoms with E-state index in [-0.39, 0.29) is 6.42 Å². The lowest BCUT2D eigenvalue weighted by atomic mass is 9.98. The molecule has 18 heavy (non-hydrogen) atoms. The van der Waals surface area contributed by atoms with Crippen LogP contribution in [-0.4, -0.2) is 32.3 Å². The first-order valence-electron chi connectivity index (χ1n) is 5.59. The fraction of sp³-hybridized carbons (Fsp3) is 0.545. The van der Waals surface area contributed by atoms with E-state index in [0.717, 1.165) is 0 Å². The molecular formula is C11H18N4O3. The van der Waals surface area contributed by atoms with Crippen molar-refractivity contribution >= 4 is 11.9 Å². The van der Waals surface area contributed by atoms with Gasteiger partial charge in [0.25, 0.3) is 0 Å². The molecule has 100 valence electrons. The smallest absolute Gasteiger partial charge is 0.329 e. The van der Waals surface area contributed by atoms with Gasteiger partial charge in [-0.2, -0.15) is 5.10 Å². The van der Waals surface area contributed by atoms with Gasteiger partial charge in [-0.05, 0) is 13.3 Å². The van der Waals surface area contributed by atoms with Crippen LogP contribution in [0.15, 0.2) is 12.4 Å². The molecule has 1 aromatic heterocycles. The van der Waals surface area contributed by atoms with Gasteiger partial charge in [-0.3, -0.25) is 9.48 Å². The van der Waals surface area contributed by atoms with Crippen molar-refractivity contribution in [2.45, 2.75) is 31.8 Å². The zero-order valence-corrected chi connectivity index (χ0v) is 10.7. The summed E-state index contributed by atoms with van der Waals surface area (Å²) in [5, 5.41) is 15.4. The van der Waals surface area contributed by atoms with Gasteiger partial charge in [-0.15, -0.1) is 0 Å². The number of aromatic nitrogens is 2. The predicted octanol–water partition coefficient (Wildman–Crippen LogP) is -0.211. The molecule has 7 heteroatoms. The van der Waals surface area contributed by atoms with E-state index in [1.807, 2.05) is 0 Å². The lowest BCUT2D eigenvalue weighted by Crippen LogP contribution is -2.54. The highest BCUT2D eigenvalue weighted by atomic mass is 16.4. The monoisotopic (exact) mass is 254 g/mol. The molecule has 2 unspecified atom stereocenters. The largest absolute Gasteiger partial charge is 0.480 e. The molecule has 0 fully saturated rings. The van der Waals surface area contributed by atoms with Crippen molar-refractivity contribution in [3.63, 3.8) is 0 Å². The van der Waals surface area contributed by atoms with Crippen LogP contribution in [0.1, 0.15) is 31.9 Å². The third-order valence-corrected chi connectivity index (χ3v) is 2.94. The minimum absolute atomic E-state index is 0.272. The van der Waals surface area contributed by atoms with E-state index in [1.165, 1.54) is 17.8 Å². The molecule has 0 bridgehead atoms. The Hall–Kier alpha value is -1.89. The van der Waals surface area contributed by atoms with Gasteiger partial charge >= 0.3 is 5.97 Å². The normalized spacial score (nSPS) is 15.8. The quantitative estimate of drug-likeness (QED) is 0.673. The van der Waals surface area contributed by atoms with Crippen LogP contribution in [0.4, 0.5) is 0 Å². The molecule has 2 atom stereocenters. The molecular weight excluding hydrogens is 236 g/mol. The van der Waals surface area contributed by atoms with Gasteiger partial charge in [-0.1, -0.05) is 6.92 Å². The number of carbonyl (C=O) groups excluding carboxylic acids is 1. The molecule has 0 saturated carbocycles. The SMILES string of the molecule is CCC(C)(NC(=O)C(N)c1cnn(C)c1)C(=O)O. The number of carboxylic acids is 1. The predicted molar refractivity (Wildman–Crippen MR) is 64.6 cm³/mol. The van der Waals surface area contributed by atoms with Gasteiger partial charge in [0.05, 0.1) is 6.20 Å². The number of amides is 1. The summed E-state index contributed by atoms with van der Waals surface area (Å²) in [6, 6.07) is -0.927. The first kappa shape index (κ1) is 14.2. The van der Waals surface area contributed by atoms with Gasteiger partial charge in [-0.25, -0.2) is 4.79 Å². The van der Waals surface area contributed by atoms with Crippen molar-refractivity contribution in [3.8, 4) is 0 Å². The molecule has 1 heterocycles. The maximum atomic E-state index is 11.9. The third kappa shape index (κ3) is 2.86. The molecule has 0 aliphatic carbocycles. The Bertz CT molecular complexity index is 457. The molecule has 0 spiro atoms. The summed E-state index contributed by atoms with van der Waals surface area (Å²) >= 11 is 0. The van der Waals surface area contributed by atoms with Crippen molar-refractivity contribution < 1.29 is 14.7 Å². The second kappa shape index (κ2) is 5.18. The van der Waals surface area contributed by atoms with E-state index in [4.69, 9.17) is 10.8 Å². The Morgan fingerprint density at radius 1 is 1.67 bits per heavy atom. The summed E-state index contributed by atoms with van der Waals surface area (Å²) in [5.74, 6) is -1.62. The van der Waals surface area contributed by atoms with E-state index in [9.17, 15) is 9.59 Å². The van der Waals surface area contributed by atoms with Crippen LogP contribution in [0, 0.1) is 0 Å². The molecule has 1 amide bonds. The van der Waals surface area contributed by atoms with Crippen molar-refractivity contribution in [1.82, 2.24) is 15.1 Å². The number of aryl methyl sites for hydroxylation is 1. The molecule has 1 rings (SSSR count). The molecule has 0 aromatic carbocycles. The van der Waals surface area contributed by atoms with Crippen LogP contribution < -0.4 is 11.1 Å². The second-order valence-electron chi connectivity index (χ2n) is 4.41. The Balaban J connectivity index is 2.79. The number of rotatable bonds is 5. The standard InChI is InChI=1S/C11H18N4O3/c1-4-11(2,10(17)18)14-9(16)8(12)7-5-13-15(3)6-7/h5-6,8H,4,12H2,1-3H3,(H,14,16)(H,17,18). The Morgan fingerprint density at radius 3 is 2.67 bits per heavy atom. The van der Waals surface area contributed by atoms with Crippen LogP contribution >= 0.6 is 0 Å². The zero-order valence-electron chi connectivity index (χ0n) is 10.7. The van der Waals surface area contributed by atoms with Crippen molar-refractivity contribution in [3.05, 3.63) is 18.0 Å². The lowest BCUT2D eigenvalue weighted by Gasteiger charge is -2.26. The minimum atomic E-state index is -1.31. The number of nitrogens with two attached hydrogens (primary N) is 1. The van der Waals surface area contributed by atoms with E-state index in [1.54, 1.807) is 20.2 Å². The highest BCUT2D eigenvalue weighted by Gasteiger charge is 2.34. The molecule has 0 aliphatic heterocycles. The molecule has 0 aliphatic rings. The van der Waals surface area contributed by atoms with Crippen LogP contribution in [0.25, 0.3) is 0 Å². The zero-order chi connectivity index (χ0) is 13.9. The molecule has 0 saturated heterocycles. The maximum absolute atomic E-state index is 11.9. The highest BCUT2D eigenvalue weighted by molar-refractivity contribution is 5.89. The van der Waals surface area contributed by atoms with E-state index >= 15 is 0 Å². The summed E-state index contributed by atoms with van der Waals surface area (Å²) in [5.41, 5.74) is 4.99. The fourth-order valence-corrected chi connectivity index (χ4v) is 1.39. The number of carboxylic acid groups (broad SMARTS) is 1. The van der Waals surface area contributed by atoms with E-state index < -0.39 is 23.5 Å². The number of aliphatic carboxylic acids is 1. The molecule has 0 radical (unpaired) electrons. The maximum Gasteiger partial charge on any atom is 0.329 e. The van der Waals surface area contributed by atoms with Gasteiger partial charge < -0.3 is 16.2 Å². The van der Waals surface area contributed by atoms with Crippen LogP contribution in [0.2, 0.25) is 0 Å². The molecule has 1 aromatic rings. The second-order valence-corrected chi connectivity index (χ2v) is 4.41. The van der Waals surface area contributed by atoms with Gasteiger partial charge in [0.15, 0.2) is 0 Å². The summed E-state index contributed by atoms with van der Waals surface area (Å²) in [6.07, 6.45) is 3.37. The van der Waals surface area contributed by atoms with Gasteiger partial charge in [0, 0.05) is 18.8 Å². The average Bonchev–Trinajstić information content (AvgIpc) is 2.74. The highest BCUT2D eigenvalue weighted by Crippen LogP contribution is 2.14. The van der Waals surface area contributed by atoms with E-state index in [0.29, 0.717) is 5.56 Å². The number of nitrogens with zero attached hydrogens (tertiary/aromatic N) is 2. The number of hydrogen-bond donors (Lipinski definition) is 3. The lowest BCUT2D eigenvalue weighted by molar-refractivity contribution is -0.147. The number of nitrogens with one attached hydrogen (secondary N) is 1. The van der Waals surface area contributed by atoms with Gasteiger partial charge in [0.2, 0.25) is 5.91 Å². The number of carbonyl (C=O) groups is 2. The average molecular weight is 254 g/mol. The fourth-order valence-electron chi connectivity index (χ4n) is 1.39. The van der Waals surface area contributed by atoms with E-state index in [2.05, 4.69) is 10.4 Å². The summed E-state index contributed by atoms with van der Waals surface area (Å²) < 4.78 is 1.53. The summed E-state index contributed by atoms with van der Waals surface area (Å²) in [6.45, 7) is 3.13. The van der Waals surface area contributed by atoms with Crippen molar-refractivity contribution in [2.24, 2.45) is 12.8 Å². The summed E-state index contributed by atoms with van der Waals surface area (Å²) in [4.78, 5) is 23.0. The summed E-state index contributed by atoms with van der Waals surface area (Å²) in [7, 11) is 1.71. The Morgan fingerprint density at radius 2 is 2.28 bits per heavy atom. The van der Waals surface area contributed by atoms with Crippen LogP contribution in [0.3, 0.4) is 0 Å². The van der Waals surface area contributed by atoms with Gasteiger partial charge in [0.1, 0.15) is 11.6 Å². The van der Waals surface area contributed by atoms with Crippen LogP contribution in [-0.2, 0) is 16.6 Å². The Labute approximate surface area is 105 Å². The molecule has 4 N–H and O–H groups in total. The first-order chi connectivity index (χ1) is 8.30. The topological polar surface area (TPSA) is 110 Å². The number of hydrogen-bond acceptors (Lipinski definition) is 4. The van der Waals surface area contributed by atoms with Crippen LogP contribution in [0.5, 0.6) is 0 Å².